The summed E-state index contributed by atoms with van der Waals surface area (Å²) in [4.78, 5) is 24.1. The highest BCUT2D eigenvalue weighted by atomic mass is 35.5. The summed E-state index contributed by atoms with van der Waals surface area (Å²) in [6.45, 7) is 2.29. The molecule has 0 atom stereocenters. The van der Waals surface area contributed by atoms with Gasteiger partial charge >= 0.3 is 5.97 Å². The number of halogens is 2. The number of carboxylic acids is 1. The Balaban J connectivity index is 1.97. The van der Waals surface area contributed by atoms with Crippen molar-refractivity contribution in [3.63, 3.8) is 0 Å². The van der Waals surface area contributed by atoms with Crippen molar-refractivity contribution in [3.05, 3.63) is 76.1 Å². The van der Waals surface area contributed by atoms with Gasteiger partial charge in [-0.3, -0.25) is 4.99 Å². The SMILES string of the molecule is CCC(=Nc1ccc(Cn2cncn2)cc1)C(C(=O)O)=C(O)c1cc(Cl)cnc1Cl. The second-order valence-corrected chi connectivity index (χ2v) is 6.99. The van der Waals surface area contributed by atoms with E-state index in [0.29, 0.717) is 12.2 Å². The van der Waals surface area contributed by atoms with Gasteiger partial charge in [-0.05, 0) is 30.2 Å². The Morgan fingerprint density at radius 1 is 1.20 bits per heavy atom. The Labute approximate surface area is 182 Å². The van der Waals surface area contributed by atoms with Crippen LogP contribution in [0.25, 0.3) is 5.76 Å². The second-order valence-electron chi connectivity index (χ2n) is 6.19. The van der Waals surface area contributed by atoms with Gasteiger partial charge in [0, 0.05) is 6.20 Å². The molecular formula is C20H17Cl2N5O3. The number of hydrogen-bond donors (Lipinski definition) is 2. The number of aliphatic hydroxyl groups is 1. The third kappa shape index (κ3) is 5.03. The Hall–Kier alpha value is -3.23. The summed E-state index contributed by atoms with van der Waals surface area (Å²) < 4.78 is 1.68. The van der Waals surface area contributed by atoms with Crippen molar-refractivity contribution in [3.8, 4) is 0 Å². The lowest BCUT2D eigenvalue weighted by Gasteiger charge is -2.11. The van der Waals surface area contributed by atoms with Gasteiger partial charge in [-0.25, -0.2) is 19.4 Å². The molecule has 154 valence electrons. The van der Waals surface area contributed by atoms with Crippen molar-refractivity contribution in [1.82, 2.24) is 19.7 Å². The van der Waals surface area contributed by atoms with Gasteiger partial charge in [-0.2, -0.15) is 5.10 Å². The van der Waals surface area contributed by atoms with Crippen LogP contribution in [0, 0.1) is 0 Å². The van der Waals surface area contributed by atoms with E-state index in [-0.39, 0.29) is 33.4 Å². The first kappa shape index (κ1) is 21.5. The first-order valence-electron chi connectivity index (χ1n) is 8.86. The molecule has 0 amide bonds. The molecule has 0 saturated heterocycles. The normalized spacial score (nSPS) is 12.6. The van der Waals surface area contributed by atoms with Gasteiger partial charge in [0.15, 0.2) is 0 Å². The van der Waals surface area contributed by atoms with E-state index in [1.807, 2.05) is 12.1 Å². The minimum atomic E-state index is -1.34. The molecular weight excluding hydrogens is 429 g/mol. The zero-order valence-electron chi connectivity index (χ0n) is 15.8. The zero-order chi connectivity index (χ0) is 21.7. The van der Waals surface area contributed by atoms with Crippen LogP contribution in [-0.2, 0) is 11.3 Å². The number of rotatable bonds is 7. The largest absolute Gasteiger partial charge is 0.506 e. The minimum absolute atomic E-state index is 0.0193. The van der Waals surface area contributed by atoms with Crippen LogP contribution in [0.1, 0.15) is 24.5 Å². The molecule has 2 N–H and O–H groups in total. The fourth-order valence-electron chi connectivity index (χ4n) is 2.73. The van der Waals surface area contributed by atoms with Crippen LogP contribution in [0.4, 0.5) is 5.69 Å². The first-order chi connectivity index (χ1) is 14.4. The topological polar surface area (TPSA) is 113 Å². The molecule has 3 aromatic rings. The Morgan fingerprint density at radius 3 is 2.53 bits per heavy atom. The monoisotopic (exact) mass is 445 g/mol. The predicted octanol–water partition coefficient (Wildman–Crippen LogP) is 4.56. The first-order valence-corrected chi connectivity index (χ1v) is 9.61. The number of carbonyl (C=O) groups is 1. The molecule has 0 saturated carbocycles. The lowest BCUT2D eigenvalue weighted by Crippen LogP contribution is -2.14. The summed E-state index contributed by atoms with van der Waals surface area (Å²) in [5.74, 6) is -1.89. The fraction of sp³-hybridized carbons (Fsp3) is 0.150. The smallest absolute Gasteiger partial charge is 0.341 e. The maximum Gasteiger partial charge on any atom is 0.341 e. The van der Waals surface area contributed by atoms with Crippen LogP contribution in [-0.4, -0.2) is 41.6 Å². The molecule has 2 heterocycles. The summed E-state index contributed by atoms with van der Waals surface area (Å²) in [6.07, 6.45) is 4.64. The van der Waals surface area contributed by atoms with E-state index in [9.17, 15) is 15.0 Å². The number of nitrogens with zero attached hydrogens (tertiary/aromatic N) is 5. The number of aromatic nitrogens is 4. The summed E-state index contributed by atoms with van der Waals surface area (Å²) >= 11 is 11.9. The zero-order valence-corrected chi connectivity index (χ0v) is 17.3. The summed E-state index contributed by atoms with van der Waals surface area (Å²) in [5.41, 5.74) is 1.35. The Morgan fingerprint density at radius 2 is 1.93 bits per heavy atom. The van der Waals surface area contributed by atoms with Crippen molar-refractivity contribution >= 4 is 46.3 Å². The van der Waals surface area contributed by atoms with E-state index in [4.69, 9.17) is 23.2 Å². The Kier molecular flexibility index (Phi) is 6.81. The van der Waals surface area contributed by atoms with Gasteiger partial charge in [0.2, 0.25) is 0 Å². The van der Waals surface area contributed by atoms with Gasteiger partial charge < -0.3 is 10.2 Å². The predicted molar refractivity (Wildman–Crippen MR) is 114 cm³/mol. The number of hydrogen-bond acceptors (Lipinski definition) is 6. The summed E-state index contributed by atoms with van der Waals surface area (Å²) in [7, 11) is 0. The minimum Gasteiger partial charge on any atom is -0.506 e. The summed E-state index contributed by atoms with van der Waals surface area (Å²) in [6, 6.07) is 8.57. The third-order valence-corrected chi connectivity index (χ3v) is 4.65. The highest BCUT2D eigenvalue weighted by molar-refractivity contribution is 6.34. The van der Waals surface area contributed by atoms with Crippen molar-refractivity contribution in [2.24, 2.45) is 4.99 Å². The molecule has 30 heavy (non-hydrogen) atoms. The third-order valence-electron chi connectivity index (χ3n) is 4.15. The quantitative estimate of drug-likeness (QED) is 0.238. The van der Waals surface area contributed by atoms with Crippen molar-refractivity contribution in [2.75, 3.05) is 0 Å². The van der Waals surface area contributed by atoms with Crippen molar-refractivity contribution < 1.29 is 15.0 Å². The van der Waals surface area contributed by atoms with Crippen LogP contribution in [0.2, 0.25) is 10.2 Å². The van der Waals surface area contributed by atoms with E-state index in [1.165, 1.54) is 18.6 Å². The molecule has 0 aliphatic heterocycles. The lowest BCUT2D eigenvalue weighted by molar-refractivity contribution is -0.132. The van der Waals surface area contributed by atoms with Crippen molar-refractivity contribution in [1.29, 1.82) is 0 Å². The van der Waals surface area contributed by atoms with E-state index >= 15 is 0 Å². The van der Waals surface area contributed by atoms with Crippen LogP contribution in [0.5, 0.6) is 0 Å². The average molecular weight is 446 g/mol. The van der Waals surface area contributed by atoms with Gasteiger partial charge in [-0.1, -0.05) is 42.3 Å². The summed E-state index contributed by atoms with van der Waals surface area (Å²) in [5, 5.41) is 24.6. The molecule has 0 unspecified atom stereocenters. The van der Waals surface area contributed by atoms with Crippen LogP contribution >= 0.6 is 23.2 Å². The van der Waals surface area contributed by atoms with E-state index in [0.717, 1.165) is 5.56 Å². The van der Waals surface area contributed by atoms with Gasteiger partial charge in [0.05, 0.1) is 28.5 Å². The molecule has 10 heteroatoms. The number of aliphatic carboxylic acids is 1. The Bertz CT molecular complexity index is 1110. The maximum atomic E-state index is 11.9. The fourth-order valence-corrected chi connectivity index (χ4v) is 3.08. The van der Waals surface area contributed by atoms with Crippen LogP contribution in [0.15, 0.2) is 59.7 Å². The highest BCUT2D eigenvalue weighted by Crippen LogP contribution is 2.28. The molecule has 0 bridgehead atoms. The number of pyridine rings is 1. The van der Waals surface area contributed by atoms with Gasteiger partial charge in [-0.15, -0.1) is 0 Å². The van der Waals surface area contributed by atoms with E-state index < -0.39 is 11.7 Å². The molecule has 8 nitrogen and oxygen atoms in total. The number of benzene rings is 1. The molecule has 1 aromatic carbocycles. The molecule has 0 aliphatic carbocycles. The van der Waals surface area contributed by atoms with Gasteiger partial charge in [0.25, 0.3) is 0 Å². The highest BCUT2D eigenvalue weighted by Gasteiger charge is 2.23. The molecule has 0 aliphatic rings. The average Bonchev–Trinajstić information content (AvgIpc) is 3.23. The number of aliphatic hydroxyl groups excluding tert-OH is 1. The molecule has 3 rings (SSSR count). The lowest BCUT2D eigenvalue weighted by atomic mass is 10.0. The van der Waals surface area contributed by atoms with E-state index in [2.05, 4.69) is 20.1 Å². The second kappa shape index (κ2) is 9.51. The molecule has 0 spiro atoms. The van der Waals surface area contributed by atoms with E-state index in [1.54, 1.807) is 30.1 Å². The van der Waals surface area contributed by atoms with Crippen LogP contribution < -0.4 is 0 Å². The number of carboxylic acid groups (broad SMARTS) is 1. The molecule has 0 radical (unpaired) electrons. The standard InChI is InChI=1S/C20H17Cl2N5O3/c1-2-16(17(20(29)30)18(28)15-7-13(21)8-24-19(15)22)26-14-5-3-12(4-6-14)9-27-11-23-10-25-27/h3-8,10-11,28H,2,9H2,1H3,(H,29,30). The maximum absolute atomic E-state index is 11.9. The van der Waals surface area contributed by atoms with Gasteiger partial charge in [0.1, 0.15) is 29.1 Å². The molecule has 2 aromatic heterocycles. The number of aliphatic imine (C=N–C) groups is 1. The van der Waals surface area contributed by atoms with Crippen molar-refractivity contribution in [2.45, 2.75) is 19.9 Å². The van der Waals surface area contributed by atoms with Crippen LogP contribution in [0.3, 0.4) is 0 Å². The molecule has 0 fully saturated rings.